The van der Waals surface area contributed by atoms with Crippen molar-refractivity contribution in [3.05, 3.63) is 83.7 Å². The minimum atomic E-state index is -0.300. The predicted molar refractivity (Wildman–Crippen MR) is 84.4 cm³/mol. The third-order valence-electron chi connectivity index (χ3n) is 3.67. The topological polar surface area (TPSA) is 40.5 Å². The monoisotopic (exact) mass is 294 g/mol. The number of benzene rings is 3. The zero-order valence-electron chi connectivity index (χ0n) is 11.8. The van der Waals surface area contributed by atoms with Crippen LogP contribution < -0.4 is 0 Å². The number of aromatic hydroxyl groups is 2. The second kappa shape index (κ2) is 5.90. The van der Waals surface area contributed by atoms with Crippen molar-refractivity contribution < 1.29 is 14.6 Å². The Bertz CT molecular complexity index is 795. The Morgan fingerprint density at radius 2 is 1.41 bits per heavy atom. The van der Waals surface area contributed by atoms with Gasteiger partial charge in [0.25, 0.3) is 0 Å². The van der Waals surface area contributed by atoms with Crippen molar-refractivity contribution in [2.45, 2.75) is 6.42 Å². The molecule has 3 aromatic carbocycles. The number of phenolic OH excluding ortho intramolecular Hbond substituents is 2. The van der Waals surface area contributed by atoms with E-state index in [0.29, 0.717) is 12.0 Å². The third kappa shape index (κ3) is 2.79. The van der Waals surface area contributed by atoms with E-state index in [4.69, 9.17) is 0 Å². The summed E-state index contributed by atoms with van der Waals surface area (Å²) >= 11 is 0. The van der Waals surface area contributed by atoms with Crippen LogP contribution >= 0.6 is 0 Å². The Labute approximate surface area is 128 Å². The average molecular weight is 294 g/mol. The second-order valence-corrected chi connectivity index (χ2v) is 5.12. The van der Waals surface area contributed by atoms with Crippen LogP contribution in [-0.2, 0) is 6.42 Å². The van der Waals surface area contributed by atoms with Crippen LogP contribution in [0.4, 0.5) is 4.39 Å². The first-order chi connectivity index (χ1) is 10.6. The van der Waals surface area contributed by atoms with Gasteiger partial charge < -0.3 is 10.2 Å². The fourth-order valence-electron chi connectivity index (χ4n) is 2.51. The normalized spacial score (nSPS) is 10.6. The van der Waals surface area contributed by atoms with Gasteiger partial charge in [0.2, 0.25) is 0 Å². The van der Waals surface area contributed by atoms with Crippen molar-refractivity contribution >= 4 is 0 Å². The molecule has 0 saturated heterocycles. The van der Waals surface area contributed by atoms with Gasteiger partial charge in [0.15, 0.2) is 0 Å². The minimum Gasteiger partial charge on any atom is -0.508 e. The quantitative estimate of drug-likeness (QED) is 0.747. The Morgan fingerprint density at radius 3 is 2.14 bits per heavy atom. The van der Waals surface area contributed by atoms with Crippen molar-refractivity contribution in [3.63, 3.8) is 0 Å². The lowest BCUT2D eigenvalue weighted by Crippen LogP contribution is -1.94. The number of halogens is 1. The maximum absolute atomic E-state index is 13.1. The molecule has 0 aromatic heterocycles. The standard InChI is InChI=1S/C19H15FO2/c20-15-10-8-13(9-11-15)16-5-3-7-19(22)17(16)12-14-4-1-2-6-18(14)21/h1-11,21-22H,12H2. The molecule has 3 rings (SSSR count). The molecule has 0 fully saturated rings. The number of phenols is 2. The molecule has 0 heterocycles. The molecule has 2 nitrogen and oxygen atoms in total. The van der Waals surface area contributed by atoms with E-state index < -0.39 is 0 Å². The summed E-state index contributed by atoms with van der Waals surface area (Å²) < 4.78 is 13.1. The SMILES string of the molecule is Oc1ccccc1Cc1c(O)cccc1-c1ccc(F)cc1. The zero-order chi connectivity index (χ0) is 15.5. The number of hydrogen-bond acceptors (Lipinski definition) is 2. The van der Waals surface area contributed by atoms with Crippen LogP contribution in [0.3, 0.4) is 0 Å². The molecule has 2 N–H and O–H groups in total. The van der Waals surface area contributed by atoms with Crippen molar-refractivity contribution in [1.29, 1.82) is 0 Å². The van der Waals surface area contributed by atoms with E-state index in [9.17, 15) is 14.6 Å². The molecular weight excluding hydrogens is 279 g/mol. The van der Waals surface area contributed by atoms with E-state index >= 15 is 0 Å². The Hall–Kier alpha value is -2.81. The fourth-order valence-corrected chi connectivity index (χ4v) is 2.51. The molecule has 0 unspecified atom stereocenters. The van der Waals surface area contributed by atoms with Crippen LogP contribution in [0.1, 0.15) is 11.1 Å². The highest BCUT2D eigenvalue weighted by molar-refractivity contribution is 5.70. The van der Waals surface area contributed by atoms with E-state index in [2.05, 4.69) is 0 Å². The molecule has 0 aliphatic rings. The lowest BCUT2D eigenvalue weighted by atomic mass is 9.94. The van der Waals surface area contributed by atoms with Gasteiger partial charge in [0.1, 0.15) is 17.3 Å². The van der Waals surface area contributed by atoms with Crippen molar-refractivity contribution in [3.8, 4) is 22.6 Å². The molecule has 0 radical (unpaired) electrons. The number of hydrogen-bond donors (Lipinski definition) is 2. The van der Waals surface area contributed by atoms with Crippen molar-refractivity contribution in [1.82, 2.24) is 0 Å². The summed E-state index contributed by atoms with van der Waals surface area (Å²) in [6.07, 6.45) is 0.395. The first kappa shape index (κ1) is 14.1. The Morgan fingerprint density at radius 1 is 0.727 bits per heavy atom. The summed E-state index contributed by atoms with van der Waals surface area (Å²) in [5.41, 5.74) is 3.08. The van der Waals surface area contributed by atoms with E-state index in [1.54, 1.807) is 36.4 Å². The Kier molecular flexibility index (Phi) is 3.79. The number of rotatable bonds is 3. The van der Waals surface area contributed by atoms with E-state index in [0.717, 1.165) is 16.7 Å². The number of para-hydroxylation sites is 1. The van der Waals surface area contributed by atoms with Crippen LogP contribution in [-0.4, -0.2) is 10.2 Å². The molecule has 0 aliphatic heterocycles. The summed E-state index contributed by atoms with van der Waals surface area (Å²) in [7, 11) is 0. The van der Waals surface area contributed by atoms with Crippen LogP contribution in [0.15, 0.2) is 66.7 Å². The van der Waals surface area contributed by atoms with Crippen LogP contribution in [0.5, 0.6) is 11.5 Å². The molecule has 0 bridgehead atoms. The average Bonchev–Trinajstić information content (AvgIpc) is 2.52. The van der Waals surface area contributed by atoms with Crippen LogP contribution in [0, 0.1) is 5.82 Å². The first-order valence-electron chi connectivity index (χ1n) is 6.99. The molecule has 3 aromatic rings. The molecular formula is C19H15FO2. The summed E-state index contributed by atoms with van der Waals surface area (Å²) in [5, 5.41) is 20.1. The maximum Gasteiger partial charge on any atom is 0.123 e. The smallest absolute Gasteiger partial charge is 0.123 e. The zero-order valence-corrected chi connectivity index (χ0v) is 11.8. The van der Waals surface area contributed by atoms with Gasteiger partial charge in [-0.25, -0.2) is 4.39 Å². The van der Waals surface area contributed by atoms with Crippen LogP contribution in [0.25, 0.3) is 11.1 Å². The van der Waals surface area contributed by atoms with Gasteiger partial charge in [-0.1, -0.05) is 42.5 Å². The Balaban J connectivity index is 2.07. The van der Waals surface area contributed by atoms with Gasteiger partial charge in [-0.15, -0.1) is 0 Å². The maximum atomic E-state index is 13.1. The third-order valence-corrected chi connectivity index (χ3v) is 3.67. The molecule has 110 valence electrons. The summed E-state index contributed by atoms with van der Waals surface area (Å²) in [6.45, 7) is 0. The molecule has 0 saturated carbocycles. The van der Waals surface area contributed by atoms with Gasteiger partial charge in [-0.05, 0) is 41.0 Å². The summed E-state index contributed by atoms with van der Waals surface area (Å²) in [4.78, 5) is 0. The molecule has 22 heavy (non-hydrogen) atoms. The molecule has 0 atom stereocenters. The van der Waals surface area contributed by atoms with Gasteiger partial charge in [0, 0.05) is 12.0 Å². The summed E-state index contributed by atoms with van der Waals surface area (Å²) in [5.74, 6) is 0.0482. The summed E-state index contributed by atoms with van der Waals surface area (Å²) in [6, 6.07) is 18.4. The lowest BCUT2D eigenvalue weighted by Gasteiger charge is -2.13. The van der Waals surface area contributed by atoms with Gasteiger partial charge in [-0.3, -0.25) is 0 Å². The van der Waals surface area contributed by atoms with Crippen LogP contribution in [0.2, 0.25) is 0 Å². The van der Waals surface area contributed by atoms with Crippen molar-refractivity contribution in [2.24, 2.45) is 0 Å². The lowest BCUT2D eigenvalue weighted by molar-refractivity contribution is 0.463. The largest absolute Gasteiger partial charge is 0.508 e. The van der Waals surface area contributed by atoms with Crippen molar-refractivity contribution in [2.75, 3.05) is 0 Å². The van der Waals surface area contributed by atoms with Gasteiger partial charge in [0.05, 0.1) is 0 Å². The minimum absolute atomic E-state index is 0.157. The van der Waals surface area contributed by atoms with E-state index in [1.165, 1.54) is 12.1 Å². The van der Waals surface area contributed by atoms with Gasteiger partial charge in [-0.2, -0.15) is 0 Å². The van der Waals surface area contributed by atoms with E-state index in [1.807, 2.05) is 18.2 Å². The fraction of sp³-hybridized carbons (Fsp3) is 0.0526. The van der Waals surface area contributed by atoms with Gasteiger partial charge >= 0.3 is 0 Å². The second-order valence-electron chi connectivity index (χ2n) is 5.12. The molecule has 0 amide bonds. The molecule has 3 heteroatoms. The highest BCUT2D eigenvalue weighted by atomic mass is 19.1. The van der Waals surface area contributed by atoms with E-state index in [-0.39, 0.29) is 17.3 Å². The highest BCUT2D eigenvalue weighted by Gasteiger charge is 2.12. The molecule has 0 spiro atoms. The highest BCUT2D eigenvalue weighted by Crippen LogP contribution is 2.33. The predicted octanol–water partition coefficient (Wildman–Crippen LogP) is 4.49. The molecule has 0 aliphatic carbocycles. The first-order valence-corrected chi connectivity index (χ1v) is 6.99.